The molecule has 0 saturated carbocycles. The van der Waals surface area contributed by atoms with E-state index < -0.39 is 0 Å². The molecule has 0 amide bonds. The number of ether oxygens (including phenoxy) is 1. The maximum absolute atomic E-state index is 10.8. The minimum atomic E-state index is -0.304. The number of carbonyl (C=O) groups is 1. The van der Waals surface area contributed by atoms with Crippen molar-refractivity contribution in [2.45, 2.75) is 39.7 Å². The molecular weight excluding hydrogens is 214 g/mol. The highest BCUT2D eigenvalue weighted by Crippen LogP contribution is 2.21. The molecule has 1 atom stereocenters. The second-order valence-electron chi connectivity index (χ2n) is 4.74. The van der Waals surface area contributed by atoms with E-state index in [0.717, 1.165) is 18.4 Å². The van der Waals surface area contributed by atoms with Gasteiger partial charge in [0.05, 0.1) is 0 Å². The van der Waals surface area contributed by atoms with Crippen molar-refractivity contribution in [3.05, 3.63) is 29.8 Å². The molecular formula is C14H21NO2. The van der Waals surface area contributed by atoms with E-state index in [-0.39, 0.29) is 12.0 Å². The maximum atomic E-state index is 10.8. The monoisotopic (exact) mass is 235 g/mol. The Morgan fingerprint density at radius 2 is 1.82 bits per heavy atom. The normalized spacial score (nSPS) is 12.5. The molecule has 2 N–H and O–H groups in total. The second-order valence-corrected chi connectivity index (χ2v) is 4.74. The number of hydrogen-bond donors (Lipinski definition) is 1. The van der Waals surface area contributed by atoms with E-state index in [0.29, 0.717) is 11.7 Å². The predicted molar refractivity (Wildman–Crippen MR) is 68.8 cm³/mol. The fourth-order valence-electron chi connectivity index (χ4n) is 1.63. The van der Waals surface area contributed by atoms with E-state index in [2.05, 4.69) is 13.8 Å². The van der Waals surface area contributed by atoms with Crippen LogP contribution in [0.15, 0.2) is 24.3 Å². The Balaban J connectivity index is 2.57. The van der Waals surface area contributed by atoms with Crippen molar-refractivity contribution in [3.8, 4) is 5.75 Å². The van der Waals surface area contributed by atoms with Crippen molar-refractivity contribution in [2.24, 2.45) is 11.7 Å². The van der Waals surface area contributed by atoms with Gasteiger partial charge in [-0.3, -0.25) is 4.79 Å². The Morgan fingerprint density at radius 1 is 1.24 bits per heavy atom. The summed E-state index contributed by atoms with van der Waals surface area (Å²) >= 11 is 0. The third-order valence-electron chi connectivity index (χ3n) is 2.62. The smallest absolute Gasteiger partial charge is 0.308 e. The van der Waals surface area contributed by atoms with Gasteiger partial charge in [0, 0.05) is 13.0 Å². The van der Waals surface area contributed by atoms with Crippen molar-refractivity contribution < 1.29 is 9.53 Å². The molecule has 3 heteroatoms. The van der Waals surface area contributed by atoms with Crippen molar-refractivity contribution in [2.75, 3.05) is 0 Å². The molecule has 0 fully saturated rings. The van der Waals surface area contributed by atoms with Gasteiger partial charge in [0.1, 0.15) is 5.75 Å². The molecule has 1 aromatic carbocycles. The van der Waals surface area contributed by atoms with Crippen LogP contribution in [0, 0.1) is 5.92 Å². The largest absolute Gasteiger partial charge is 0.427 e. The number of rotatable bonds is 5. The molecule has 0 spiro atoms. The molecule has 0 aliphatic rings. The number of carbonyl (C=O) groups excluding carboxylic acids is 1. The van der Waals surface area contributed by atoms with Crippen LogP contribution < -0.4 is 10.5 Å². The summed E-state index contributed by atoms with van der Waals surface area (Å²) in [4.78, 5) is 10.8. The zero-order chi connectivity index (χ0) is 12.8. The van der Waals surface area contributed by atoms with Gasteiger partial charge in [-0.25, -0.2) is 0 Å². The minimum absolute atomic E-state index is 0.0591. The molecule has 1 aromatic rings. The molecule has 0 aliphatic carbocycles. The molecule has 17 heavy (non-hydrogen) atoms. The van der Waals surface area contributed by atoms with Gasteiger partial charge in [0.15, 0.2) is 0 Å². The third kappa shape index (κ3) is 5.00. The fraction of sp³-hybridized carbons (Fsp3) is 0.500. The van der Waals surface area contributed by atoms with E-state index in [1.165, 1.54) is 6.92 Å². The summed E-state index contributed by atoms with van der Waals surface area (Å²) in [6.07, 6.45) is 2.09. The summed E-state index contributed by atoms with van der Waals surface area (Å²) in [6.45, 7) is 5.77. The van der Waals surface area contributed by atoms with Crippen LogP contribution in [-0.4, -0.2) is 5.97 Å². The van der Waals surface area contributed by atoms with Gasteiger partial charge in [-0.1, -0.05) is 26.0 Å². The van der Waals surface area contributed by atoms with Gasteiger partial charge >= 0.3 is 5.97 Å². The van der Waals surface area contributed by atoms with Crippen molar-refractivity contribution in [1.29, 1.82) is 0 Å². The highest BCUT2D eigenvalue weighted by Gasteiger charge is 2.07. The van der Waals surface area contributed by atoms with E-state index in [1.54, 1.807) is 12.1 Å². The first-order valence-electron chi connectivity index (χ1n) is 6.03. The van der Waals surface area contributed by atoms with Crippen LogP contribution >= 0.6 is 0 Å². The number of hydrogen-bond acceptors (Lipinski definition) is 3. The average molecular weight is 235 g/mol. The van der Waals surface area contributed by atoms with E-state index in [9.17, 15) is 4.79 Å². The molecule has 0 aliphatic heterocycles. The Kier molecular flexibility index (Phi) is 5.16. The molecule has 0 heterocycles. The Bertz CT molecular complexity index is 357. The van der Waals surface area contributed by atoms with Gasteiger partial charge in [-0.05, 0) is 36.5 Å². The molecule has 0 radical (unpaired) electrons. The molecule has 1 rings (SSSR count). The van der Waals surface area contributed by atoms with Gasteiger partial charge in [0.2, 0.25) is 0 Å². The van der Waals surface area contributed by atoms with Crippen LogP contribution in [0.1, 0.15) is 45.2 Å². The molecule has 3 nitrogen and oxygen atoms in total. The first-order valence-corrected chi connectivity index (χ1v) is 6.03. The first-order chi connectivity index (χ1) is 7.99. The lowest BCUT2D eigenvalue weighted by atomic mass is 9.98. The summed E-state index contributed by atoms with van der Waals surface area (Å²) < 4.78 is 4.97. The molecule has 0 bridgehead atoms. The van der Waals surface area contributed by atoms with Gasteiger partial charge in [0.25, 0.3) is 0 Å². The molecule has 0 saturated heterocycles. The van der Waals surface area contributed by atoms with Gasteiger partial charge in [-0.15, -0.1) is 0 Å². The number of benzene rings is 1. The zero-order valence-electron chi connectivity index (χ0n) is 10.8. The first kappa shape index (κ1) is 13.7. The van der Waals surface area contributed by atoms with Crippen LogP contribution in [0.25, 0.3) is 0 Å². The second kappa shape index (κ2) is 6.40. The SMILES string of the molecule is CC(=O)Oc1ccc([C@@H](N)CCC(C)C)cc1. The van der Waals surface area contributed by atoms with Gasteiger partial charge in [-0.2, -0.15) is 0 Å². The topological polar surface area (TPSA) is 52.3 Å². The quantitative estimate of drug-likeness (QED) is 0.630. The molecule has 94 valence electrons. The predicted octanol–water partition coefficient (Wildman–Crippen LogP) is 3.05. The Labute approximate surface area is 103 Å². The van der Waals surface area contributed by atoms with Crippen molar-refractivity contribution in [1.82, 2.24) is 0 Å². The lowest BCUT2D eigenvalue weighted by molar-refractivity contribution is -0.131. The van der Waals surface area contributed by atoms with Crippen molar-refractivity contribution >= 4 is 5.97 Å². The summed E-state index contributed by atoms with van der Waals surface area (Å²) in [5.41, 5.74) is 7.17. The Morgan fingerprint density at radius 3 is 2.29 bits per heavy atom. The minimum Gasteiger partial charge on any atom is -0.427 e. The van der Waals surface area contributed by atoms with Crippen LogP contribution in [0.3, 0.4) is 0 Å². The number of esters is 1. The highest BCUT2D eigenvalue weighted by atomic mass is 16.5. The molecule has 0 unspecified atom stereocenters. The maximum Gasteiger partial charge on any atom is 0.308 e. The van der Waals surface area contributed by atoms with E-state index in [4.69, 9.17) is 10.5 Å². The highest BCUT2D eigenvalue weighted by molar-refractivity contribution is 5.69. The van der Waals surface area contributed by atoms with Gasteiger partial charge < -0.3 is 10.5 Å². The summed E-state index contributed by atoms with van der Waals surface area (Å²) in [5.74, 6) is 0.931. The molecule has 0 aromatic heterocycles. The van der Waals surface area contributed by atoms with Crippen LogP contribution in [0.5, 0.6) is 5.75 Å². The lowest BCUT2D eigenvalue weighted by Gasteiger charge is -2.13. The summed E-state index contributed by atoms with van der Waals surface area (Å²) in [6, 6.07) is 7.47. The van der Waals surface area contributed by atoms with Crippen molar-refractivity contribution in [3.63, 3.8) is 0 Å². The van der Waals surface area contributed by atoms with Crippen LogP contribution in [0.4, 0.5) is 0 Å². The average Bonchev–Trinajstić information content (AvgIpc) is 2.26. The van der Waals surface area contributed by atoms with E-state index in [1.807, 2.05) is 12.1 Å². The summed E-state index contributed by atoms with van der Waals surface area (Å²) in [5, 5.41) is 0. The summed E-state index contributed by atoms with van der Waals surface area (Å²) in [7, 11) is 0. The standard InChI is InChI=1S/C14H21NO2/c1-10(2)4-9-14(15)12-5-7-13(8-6-12)17-11(3)16/h5-8,10,14H,4,9,15H2,1-3H3/t14-/m0/s1. The van der Waals surface area contributed by atoms with E-state index >= 15 is 0 Å². The number of nitrogens with two attached hydrogens (primary N) is 1. The van der Waals surface area contributed by atoms with Crippen LogP contribution in [0.2, 0.25) is 0 Å². The fourth-order valence-corrected chi connectivity index (χ4v) is 1.63. The zero-order valence-corrected chi connectivity index (χ0v) is 10.8. The van der Waals surface area contributed by atoms with Crippen LogP contribution in [-0.2, 0) is 4.79 Å². The lowest BCUT2D eigenvalue weighted by Crippen LogP contribution is -2.11. The Hall–Kier alpha value is -1.35. The third-order valence-corrected chi connectivity index (χ3v) is 2.62.